The van der Waals surface area contributed by atoms with Crippen LogP contribution in [0.2, 0.25) is 0 Å². The van der Waals surface area contributed by atoms with E-state index in [0.717, 1.165) is 40.1 Å². The summed E-state index contributed by atoms with van der Waals surface area (Å²) in [5, 5.41) is 4.85. The standard InChI is InChI=1S/C22H20FN3OS/c23-17-11-9-16(10-12-17)15-26-19-6-2-1-5-18(19)25-21(26)8-3-13-24-22(27)20-7-4-14-28-20/h1-2,4-7,9-12,14H,3,8,13,15H2,(H,24,27). The molecule has 0 radical (unpaired) electrons. The van der Waals surface area contributed by atoms with Crippen LogP contribution in [0, 0.1) is 5.82 Å². The van der Waals surface area contributed by atoms with Gasteiger partial charge in [0.2, 0.25) is 0 Å². The van der Waals surface area contributed by atoms with Gasteiger partial charge in [-0.2, -0.15) is 0 Å². The zero-order chi connectivity index (χ0) is 19.3. The van der Waals surface area contributed by atoms with E-state index in [9.17, 15) is 9.18 Å². The SMILES string of the molecule is O=C(NCCCc1nc2ccccc2n1Cc1ccc(F)cc1)c1cccs1. The summed E-state index contributed by atoms with van der Waals surface area (Å²) in [7, 11) is 0. The number of amides is 1. The number of fused-ring (bicyclic) bond motifs is 1. The van der Waals surface area contributed by atoms with Gasteiger partial charge in [0.1, 0.15) is 11.6 Å². The monoisotopic (exact) mass is 393 g/mol. The van der Waals surface area contributed by atoms with Gasteiger partial charge in [-0.1, -0.05) is 30.3 Å². The van der Waals surface area contributed by atoms with E-state index in [1.807, 2.05) is 41.8 Å². The molecule has 6 heteroatoms. The Balaban J connectivity index is 1.46. The highest BCUT2D eigenvalue weighted by atomic mass is 32.1. The summed E-state index contributed by atoms with van der Waals surface area (Å²) in [4.78, 5) is 17.5. The molecule has 4 nitrogen and oxygen atoms in total. The fourth-order valence-electron chi connectivity index (χ4n) is 3.21. The normalized spacial score (nSPS) is 11.0. The van der Waals surface area contributed by atoms with E-state index in [2.05, 4.69) is 9.88 Å². The van der Waals surface area contributed by atoms with Crippen molar-refractivity contribution in [2.45, 2.75) is 19.4 Å². The Kier molecular flexibility index (Phi) is 5.48. The van der Waals surface area contributed by atoms with Gasteiger partial charge >= 0.3 is 0 Å². The van der Waals surface area contributed by atoms with Crippen LogP contribution in [-0.2, 0) is 13.0 Å². The largest absolute Gasteiger partial charge is 0.351 e. The molecule has 0 atom stereocenters. The molecule has 142 valence electrons. The Morgan fingerprint density at radius 3 is 2.68 bits per heavy atom. The van der Waals surface area contributed by atoms with Crippen LogP contribution in [0.25, 0.3) is 11.0 Å². The van der Waals surface area contributed by atoms with E-state index < -0.39 is 0 Å². The summed E-state index contributed by atoms with van der Waals surface area (Å²) in [5.41, 5.74) is 3.03. The van der Waals surface area contributed by atoms with Crippen molar-refractivity contribution < 1.29 is 9.18 Å². The molecule has 0 bridgehead atoms. The maximum Gasteiger partial charge on any atom is 0.261 e. The van der Waals surface area contributed by atoms with E-state index in [4.69, 9.17) is 4.98 Å². The van der Waals surface area contributed by atoms with Gasteiger partial charge in [0, 0.05) is 19.5 Å². The van der Waals surface area contributed by atoms with Crippen molar-refractivity contribution in [3.8, 4) is 0 Å². The van der Waals surface area contributed by atoms with Crippen LogP contribution in [0.5, 0.6) is 0 Å². The molecule has 4 aromatic rings. The van der Waals surface area contributed by atoms with Gasteiger partial charge in [-0.15, -0.1) is 11.3 Å². The van der Waals surface area contributed by atoms with Crippen LogP contribution in [0.4, 0.5) is 4.39 Å². The smallest absolute Gasteiger partial charge is 0.261 e. The Bertz CT molecular complexity index is 1070. The van der Waals surface area contributed by atoms with Gasteiger partial charge in [0.25, 0.3) is 5.91 Å². The van der Waals surface area contributed by atoms with Gasteiger partial charge in [0.05, 0.1) is 15.9 Å². The van der Waals surface area contributed by atoms with Crippen molar-refractivity contribution >= 4 is 28.3 Å². The summed E-state index contributed by atoms with van der Waals surface area (Å²) >= 11 is 1.44. The number of imidazole rings is 1. The molecule has 2 aromatic heterocycles. The van der Waals surface area contributed by atoms with Crippen molar-refractivity contribution in [1.82, 2.24) is 14.9 Å². The molecule has 0 aliphatic rings. The highest BCUT2D eigenvalue weighted by Gasteiger charge is 2.11. The van der Waals surface area contributed by atoms with Crippen LogP contribution in [0.1, 0.15) is 27.5 Å². The Labute approximate surface area is 166 Å². The first-order chi connectivity index (χ1) is 13.7. The first-order valence-corrected chi connectivity index (χ1v) is 10.1. The minimum atomic E-state index is -0.235. The molecule has 1 amide bonds. The molecule has 2 aromatic carbocycles. The van der Waals surface area contributed by atoms with E-state index in [1.54, 1.807) is 12.1 Å². The Hall–Kier alpha value is -2.99. The summed E-state index contributed by atoms with van der Waals surface area (Å²) in [6.07, 6.45) is 1.55. The summed E-state index contributed by atoms with van der Waals surface area (Å²) in [5.74, 6) is 0.701. The lowest BCUT2D eigenvalue weighted by atomic mass is 10.2. The summed E-state index contributed by atoms with van der Waals surface area (Å²) in [6, 6.07) is 18.3. The average molecular weight is 393 g/mol. The molecule has 0 unspecified atom stereocenters. The lowest BCUT2D eigenvalue weighted by molar-refractivity contribution is 0.0957. The number of carbonyl (C=O) groups excluding carboxylic acids is 1. The number of aromatic nitrogens is 2. The predicted molar refractivity (Wildman–Crippen MR) is 110 cm³/mol. The zero-order valence-corrected chi connectivity index (χ0v) is 16.1. The number of hydrogen-bond donors (Lipinski definition) is 1. The van der Waals surface area contributed by atoms with Crippen molar-refractivity contribution in [2.75, 3.05) is 6.54 Å². The van der Waals surface area contributed by atoms with Crippen LogP contribution in [-0.4, -0.2) is 22.0 Å². The number of thiophene rings is 1. The molecule has 4 rings (SSSR count). The van der Waals surface area contributed by atoms with Gasteiger partial charge in [-0.05, 0) is 47.7 Å². The second-order valence-electron chi connectivity index (χ2n) is 6.57. The number of carbonyl (C=O) groups is 1. The molecule has 1 N–H and O–H groups in total. The minimum Gasteiger partial charge on any atom is -0.351 e. The number of benzene rings is 2. The Morgan fingerprint density at radius 1 is 1.07 bits per heavy atom. The van der Waals surface area contributed by atoms with Gasteiger partial charge in [-0.3, -0.25) is 4.79 Å². The van der Waals surface area contributed by atoms with Crippen LogP contribution in [0.3, 0.4) is 0 Å². The third-order valence-corrected chi connectivity index (χ3v) is 5.46. The molecular formula is C22H20FN3OS. The van der Waals surface area contributed by atoms with Crippen LogP contribution < -0.4 is 5.32 Å². The number of nitrogens with zero attached hydrogens (tertiary/aromatic N) is 2. The fraction of sp³-hybridized carbons (Fsp3) is 0.182. The minimum absolute atomic E-state index is 0.0326. The Morgan fingerprint density at radius 2 is 1.89 bits per heavy atom. The van der Waals surface area contributed by atoms with Gasteiger partial charge < -0.3 is 9.88 Å². The van der Waals surface area contributed by atoms with E-state index >= 15 is 0 Å². The molecule has 0 fully saturated rings. The number of para-hydroxylation sites is 2. The average Bonchev–Trinajstić information content (AvgIpc) is 3.36. The number of aryl methyl sites for hydroxylation is 1. The van der Waals surface area contributed by atoms with Crippen LogP contribution >= 0.6 is 11.3 Å². The number of hydrogen-bond acceptors (Lipinski definition) is 3. The molecule has 2 heterocycles. The topological polar surface area (TPSA) is 46.9 Å². The first-order valence-electron chi connectivity index (χ1n) is 9.21. The third kappa shape index (κ3) is 4.12. The molecule has 0 saturated heterocycles. The van der Waals surface area contributed by atoms with Crippen molar-refractivity contribution in [3.63, 3.8) is 0 Å². The van der Waals surface area contributed by atoms with E-state index in [1.165, 1.54) is 23.5 Å². The first kappa shape index (κ1) is 18.4. The zero-order valence-electron chi connectivity index (χ0n) is 15.3. The molecule has 0 aliphatic heterocycles. The van der Waals surface area contributed by atoms with Gasteiger partial charge in [-0.25, -0.2) is 9.37 Å². The maximum atomic E-state index is 13.2. The van der Waals surface area contributed by atoms with Crippen molar-refractivity contribution in [3.05, 3.63) is 88.1 Å². The van der Waals surface area contributed by atoms with Gasteiger partial charge in [0.15, 0.2) is 0 Å². The molecule has 0 aliphatic carbocycles. The second-order valence-corrected chi connectivity index (χ2v) is 7.51. The number of rotatable bonds is 7. The third-order valence-electron chi connectivity index (χ3n) is 4.60. The molecular weight excluding hydrogens is 373 g/mol. The lowest BCUT2D eigenvalue weighted by Gasteiger charge is -2.10. The van der Waals surface area contributed by atoms with Crippen LogP contribution in [0.15, 0.2) is 66.0 Å². The highest BCUT2D eigenvalue weighted by Crippen LogP contribution is 2.19. The van der Waals surface area contributed by atoms with E-state index in [-0.39, 0.29) is 11.7 Å². The summed E-state index contributed by atoms with van der Waals surface area (Å²) < 4.78 is 15.4. The molecule has 0 spiro atoms. The van der Waals surface area contributed by atoms with E-state index in [0.29, 0.717) is 13.1 Å². The highest BCUT2D eigenvalue weighted by molar-refractivity contribution is 7.12. The lowest BCUT2D eigenvalue weighted by Crippen LogP contribution is -2.24. The maximum absolute atomic E-state index is 13.2. The fourth-order valence-corrected chi connectivity index (χ4v) is 3.85. The molecule has 0 saturated carbocycles. The molecule has 28 heavy (non-hydrogen) atoms. The summed E-state index contributed by atoms with van der Waals surface area (Å²) in [6.45, 7) is 1.23. The quantitative estimate of drug-likeness (QED) is 0.465. The van der Waals surface area contributed by atoms with Crippen molar-refractivity contribution in [2.24, 2.45) is 0 Å². The second kappa shape index (κ2) is 8.35. The number of halogens is 1. The van der Waals surface area contributed by atoms with Crippen molar-refractivity contribution in [1.29, 1.82) is 0 Å². The number of nitrogens with one attached hydrogen (secondary N) is 1. The predicted octanol–water partition coefficient (Wildman–Crippen LogP) is 4.65.